The standard InChI is InChI=1S/C14H15N5O2/c1-21-13-3-2-11(18-19-13)10-8-12(15-6-7-20)17-14-9(10)4-5-16-14/h2-5,8,20H,6-7H2,1H3,(H2,15,16,17). The molecule has 0 saturated heterocycles. The fourth-order valence-corrected chi connectivity index (χ4v) is 2.10. The number of H-pyrrole nitrogens is 1. The van der Waals surface area contributed by atoms with Crippen LogP contribution in [0, 0.1) is 0 Å². The largest absolute Gasteiger partial charge is 0.480 e. The Morgan fingerprint density at radius 1 is 1.29 bits per heavy atom. The lowest BCUT2D eigenvalue weighted by atomic mass is 10.1. The second kappa shape index (κ2) is 5.76. The number of ether oxygens (including phenoxy) is 1. The molecule has 3 N–H and O–H groups in total. The van der Waals surface area contributed by atoms with Crippen molar-refractivity contribution in [2.75, 3.05) is 25.6 Å². The van der Waals surface area contributed by atoms with Crippen LogP contribution in [0.2, 0.25) is 0 Å². The molecule has 0 aliphatic carbocycles. The predicted molar refractivity (Wildman–Crippen MR) is 79.2 cm³/mol. The van der Waals surface area contributed by atoms with Gasteiger partial charge in [-0.25, -0.2) is 4.98 Å². The average molecular weight is 285 g/mol. The van der Waals surface area contributed by atoms with Crippen LogP contribution in [0.1, 0.15) is 0 Å². The topological polar surface area (TPSA) is 95.9 Å². The number of aromatic nitrogens is 4. The number of fused-ring (bicyclic) bond motifs is 1. The normalized spacial score (nSPS) is 10.8. The Morgan fingerprint density at radius 2 is 2.19 bits per heavy atom. The lowest BCUT2D eigenvalue weighted by molar-refractivity contribution is 0.311. The molecule has 0 spiro atoms. The van der Waals surface area contributed by atoms with Crippen LogP contribution in [-0.2, 0) is 0 Å². The van der Waals surface area contributed by atoms with E-state index >= 15 is 0 Å². The smallest absolute Gasteiger partial charge is 0.233 e. The molecule has 0 bridgehead atoms. The van der Waals surface area contributed by atoms with Gasteiger partial charge in [-0.2, -0.15) is 0 Å². The van der Waals surface area contributed by atoms with E-state index in [0.717, 1.165) is 22.3 Å². The zero-order chi connectivity index (χ0) is 14.7. The second-order valence-corrected chi connectivity index (χ2v) is 4.41. The zero-order valence-electron chi connectivity index (χ0n) is 11.5. The SMILES string of the molecule is COc1ccc(-c2cc(NCCO)nc3[nH]ccc23)nn1. The van der Waals surface area contributed by atoms with Crippen molar-refractivity contribution < 1.29 is 9.84 Å². The van der Waals surface area contributed by atoms with Crippen LogP contribution in [-0.4, -0.2) is 45.5 Å². The molecule has 0 fully saturated rings. The van der Waals surface area contributed by atoms with Crippen LogP contribution in [0.3, 0.4) is 0 Å². The van der Waals surface area contributed by atoms with Gasteiger partial charge in [0.2, 0.25) is 5.88 Å². The first-order chi connectivity index (χ1) is 10.3. The van der Waals surface area contributed by atoms with Gasteiger partial charge in [-0.05, 0) is 18.2 Å². The molecule has 3 aromatic heterocycles. The second-order valence-electron chi connectivity index (χ2n) is 4.41. The Hall–Kier alpha value is -2.67. The Labute approximate surface area is 121 Å². The van der Waals surface area contributed by atoms with Crippen molar-refractivity contribution in [3.8, 4) is 17.1 Å². The van der Waals surface area contributed by atoms with Crippen LogP contribution >= 0.6 is 0 Å². The molecular formula is C14H15N5O2. The monoisotopic (exact) mass is 285 g/mol. The Morgan fingerprint density at radius 3 is 2.90 bits per heavy atom. The summed E-state index contributed by atoms with van der Waals surface area (Å²) in [4.78, 5) is 7.52. The Kier molecular flexibility index (Phi) is 3.65. The van der Waals surface area contributed by atoms with Crippen LogP contribution in [0.4, 0.5) is 5.82 Å². The number of pyridine rings is 1. The number of nitrogens with one attached hydrogen (secondary N) is 2. The van der Waals surface area contributed by atoms with Crippen molar-refractivity contribution in [3.05, 3.63) is 30.5 Å². The summed E-state index contributed by atoms with van der Waals surface area (Å²) in [7, 11) is 1.55. The number of hydrogen-bond donors (Lipinski definition) is 3. The summed E-state index contributed by atoms with van der Waals surface area (Å²) >= 11 is 0. The minimum atomic E-state index is 0.0438. The van der Waals surface area contributed by atoms with E-state index < -0.39 is 0 Å². The van der Waals surface area contributed by atoms with Crippen LogP contribution < -0.4 is 10.1 Å². The molecule has 7 nitrogen and oxygen atoms in total. The van der Waals surface area contributed by atoms with Crippen molar-refractivity contribution in [3.63, 3.8) is 0 Å². The van der Waals surface area contributed by atoms with Gasteiger partial charge in [0.15, 0.2) is 0 Å². The minimum absolute atomic E-state index is 0.0438. The molecule has 0 aliphatic heterocycles. The Bertz CT molecular complexity index is 739. The summed E-state index contributed by atoms with van der Waals surface area (Å²) in [5.41, 5.74) is 2.40. The van der Waals surface area contributed by atoms with Crippen molar-refractivity contribution in [1.82, 2.24) is 20.2 Å². The van der Waals surface area contributed by atoms with E-state index in [1.165, 1.54) is 0 Å². The van der Waals surface area contributed by atoms with Gasteiger partial charge in [0.25, 0.3) is 0 Å². The number of nitrogens with zero attached hydrogens (tertiary/aromatic N) is 3. The number of anilines is 1. The molecule has 0 unspecified atom stereocenters. The summed E-state index contributed by atoms with van der Waals surface area (Å²) in [6.07, 6.45) is 1.83. The van der Waals surface area contributed by atoms with Gasteiger partial charge in [-0.15, -0.1) is 10.2 Å². The molecule has 0 amide bonds. The van der Waals surface area contributed by atoms with E-state index in [9.17, 15) is 0 Å². The molecule has 7 heteroatoms. The molecule has 0 aromatic carbocycles. The first kappa shape index (κ1) is 13.3. The molecule has 108 valence electrons. The van der Waals surface area contributed by atoms with Gasteiger partial charge in [0.1, 0.15) is 11.5 Å². The number of methoxy groups -OCH3 is 1. The minimum Gasteiger partial charge on any atom is -0.480 e. The fourth-order valence-electron chi connectivity index (χ4n) is 2.10. The third-order valence-electron chi connectivity index (χ3n) is 3.07. The maximum absolute atomic E-state index is 8.91. The summed E-state index contributed by atoms with van der Waals surface area (Å²) in [5.74, 6) is 1.14. The van der Waals surface area contributed by atoms with E-state index in [-0.39, 0.29) is 6.61 Å². The third kappa shape index (κ3) is 2.63. The van der Waals surface area contributed by atoms with Gasteiger partial charge < -0.3 is 20.1 Å². The van der Waals surface area contributed by atoms with Gasteiger partial charge in [-0.3, -0.25) is 0 Å². The lowest BCUT2D eigenvalue weighted by Gasteiger charge is -2.08. The average Bonchev–Trinajstić information content (AvgIpc) is 3.00. The number of aliphatic hydroxyl groups excluding tert-OH is 1. The molecule has 3 rings (SSSR count). The highest BCUT2D eigenvalue weighted by Gasteiger charge is 2.10. The quantitative estimate of drug-likeness (QED) is 0.656. The third-order valence-corrected chi connectivity index (χ3v) is 3.07. The number of aromatic amines is 1. The van der Waals surface area contributed by atoms with Crippen LogP contribution in [0.5, 0.6) is 5.88 Å². The number of rotatable bonds is 5. The molecule has 3 heterocycles. The summed E-state index contributed by atoms with van der Waals surface area (Å²) in [6.45, 7) is 0.481. The highest BCUT2D eigenvalue weighted by atomic mass is 16.5. The van der Waals surface area contributed by atoms with Crippen molar-refractivity contribution >= 4 is 16.9 Å². The molecular weight excluding hydrogens is 270 g/mol. The number of aliphatic hydroxyl groups is 1. The fraction of sp³-hybridized carbons (Fsp3) is 0.214. The number of hydrogen-bond acceptors (Lipinski definition) is 6. The molecule has 21 heavy (non-hydrogen) atoms. The van der Waals surface area contributed by atoms with Gasteiger partial charge in [0.05, 0.1) is 19.4 Å². The molecule has 0 atom stereocenters. The molecule has 0 radical (unpaired) electrons. The van der Waals surface area contributed by atoms with E-state index in [1.54, 1.807) is 13.2 Å². The maximum atomic E-state index is 8.91. The van der Waals surface area contributed by atoms with E-state index in [2.05, 4.69) is 25.5 Å². The first-order valence-corrected chi connectivity index (χ1v) is 6.53. The summed E-state index contributed by atoms with van der Waals surface area (Å²) in [5, 5.41) is 21.1. The van der Waals surface area contributed by atoms with Crippen molar-refractivity contribution in [2.45, 2.75) is 0 Å². The Balaban J connectivity index is 2.07. The molecule has 0 aliphatic rings. The predicted octanol–water partition coefficient (Wildman–Crippen LogP) is 1.43. The van der Waals surface area contributed by atoms with Crippen molar-refractivity contribution in [1.29, 1.82) is 0 Å². The van der Waals surface area contributed by atoms with E-state index in [1.807, 2.05) is 24.4 Å². The van der Waals surface area contributed by atoms with E-state index in [0.29, 0.717) is 18.2 Å². The summed E-state index contributed by atoms with van der Waals surface area (Å²) in [6, 6.07) is 7.45. The highest BCUT2D eigenvalue weighted by Crippen LogP contribution is 2.28. The van der Waals surface area contributed by atoms with Crippen LogP contribution in [0.15, 0.2) is 30.5 Å². The van der Waals surface area contributed by atoms with Gasteiger partial charge >= 0.3 is 0 Å². The summed E-state index contributed by atoms with van der Waals surface area (Å²) < 4.78 is 5.02. The van der Waals surface area contributed by atoms with Crippen LogP contribution in [0.25, 0.3) is 22.3 Å². The zero-order valence-corrected chi connectivity index (χ0v) is 11.5. The first-order valence-electron chi connectivity index (χ1n) is 6.53. The lowest BCUT2D eigenvalue weighted by Crippen LogP contribution is -2.07. The maximum Gasteiger partial charge on any atom is 0.233 e. The molecule has 3 aromatic rings. The van der Waals surface area contributed by atoms with Gasteiger partial charge in [-0.1, -0.05) is 0 Å². The van der Waals surface area contributed by atoms with Gasteiger partial charge in [0, 0.05) is 29.8 Å². The highest BCUT2D eigenvalue weighted by molar-refractivity contribution is 5.93. The molecule has 0 saturated carbocycles. The van der Waals surface area contributed by atoms with Crippen molar-refractivity contribution in [2.24, 2.45) is 0 Å². The van der Waals surface area contributed by atoms with E-state index in [4.69, 9.17) is 9.84 Å².